The van der Waals surface area contributed by atoms with Crippen LogP contribution in [0.3, 0.4) is 0 Å². The van der Waals surface area contributed by atoms with Gasteiger partial charge in [-0.2, -0.15) is 0 Å². The van der Waals surface area contributed by atoms with Crippen molar-refractivity contribution in [2.24, 2.45) is 5.73 Å². The summed E-state index contributed by atoms with van der Waals surface area (Å²) < 4.78 is 33.9. The summed E-state index contributed by atoms with van der Waals surface area (Å²) in [6.07, 6.45) is -4.41. The van der Waals surface area contributed by atoms with Gasteiger partial charge in [-0.05, 0) is 24.6 Å². The summed E-state index contributed by atoms with van der Waals surface area (Å²) in [5.41, 5.74) is 6.17. The Morgan fingerprint density at radius 2 is 1.94 bits per heavy atom. The van der Waals surface area contributed by atoms with Crippen molar-refractivity contribution >= 4 is 0 Å². The van der Waals surface area contributed by atoms with Crippen LogP contribution in [0.2, 0.25) is 0 Å². The molecule has 88 valence electrons. The van der Waals surface area contributed by atoms with Gasteiger partial charge in [0.25, 0.3) is 0 Å². The van der Waals surface area contributed by atoms with Crippen LogP contribution in [0.25, 0.3) is 0 Å². The molecule has 0 amide bonds. The van der Waals surface area contributed by atoms with Gasteiger partial charge in [0, 0.05) is 0 Å². The SMILES string of the molecule is C[C@@H](O)[C@@H](N)c1ccc2c(c1)OC(F)(F)O2. The molecule has 16 heavy (non-hydrogen) atoms. The van der Waals surface area contributed by atoms with Gasteiger partial charge < -0.3 is 20.3 Å². The zero-order valence-corrected chi connectivity index (χ0v) is 8.48. The summed E-state index contributed by atoms with van der Waals surface area (Å²) >= 11 is 0. The lowest BCUT2D eigenvalue weighted by atomic mass is 10.0. The Hall–Kier alpha value is -1.40. The van der Waals surface area contributed by atoms with Gasteiger partial charge in [0.2, 0.25) is 0 Å². The number of nitrogens with two attached hydrogens (primary N) is 1. The summed E-state index contributed by atoms with van der Waals surface area (Å²) in [6.45, 7) is 1.52. The third kappa shape index (κ3) is 1.94. The quantitative estimate of drug-likeness (QED) is 0.807. The maximum absolute atomic E-state index is 12.7. The number of alkyl halides is 2. The second kappa shape index (κ2) is 3.57. The van der Waals surface area contributed by atoms with Gasteiger partial charge in [0.1, 0.15) is 0 Å². The highest BCUT2D eigenvalue weighted by molar-refractivity contribution is 5.46. The molecule has 0 aromatic heterocycles. The molecule has 1 aromatic carbocycles. The maximum atomic E-state index is 12.7. The van der Waals surface area contributed by atoms with E-state index in [1.54, 1.807) is 0 Å². The summed E-state index contributed by atoms with van der Waals surface area (Å²) in [7, 11) is 0. The van der Waals surface area contributed by atoms with Gasteiger partial charge in [-0.25, -0.2) is 0 Å². The molecule has 0 unspecified atom stereocenters. The Labute approximate surface area is 90.6 Å². The molecule has 1 aliphatic rings. The van der Waals surface area contributed by atoms with Crippen LogP contribution < -0.4 is 15.2 Å². The number of hydrogen-bond acceptors (Lipinski definition) is 4. The van der Waals surface area contributed by atoms with E-state index < -0.39 is 18.4 Å². The van der Waals surface area contributed by atoms with E-state index >= 15 is 0 Å². The smallest absolute Gasteiger partial charge is 0.395 e. The third-order valence-electron chi connectivity index (χ3n) is 2.33. The second-order valence-corrected chi connectivity index (χ2v) is 3.64. The highest BCUT2D eigenvalue weighted by Crippen LogP contribution is 2.41. The lowest BCUT2D eigenvalue weighted by Gasteiger charge is -2.14. The van der Waals surface area contributed by atoms with Crippen molar-refractivity contribution in [1.82, 2.24) is 0 Å². The van der Waals surface area contributed by atoms with E-state index in [0.717, 1.165) is 0 Å². The number of aliphatic hydroxyl groups is 1. The number of benzene rings is 1. The monoisotopic (exact) mass is 231 g/mol. The van der Waals surface area contributed by atoms with Crippen LogP contribution in [0.1, 0.15) is 18.5 Å². The average Bonchev–Trinajstić information content (AvgIpc) is 2.48. The third-order valence-corrected chi connectivity index (χ3v) is 2.33. The van der Waals surface area contributed by atoms with E-state index in [1.165, 1.54) is 25.1 Å². The minimum Gasteiger partial charge on any atom is -0.395 e. The maximum Gasteiger partial charge on any atom is 0.586 e. The molecular weight excluding hydrogens is 220 g/mol. The highest BCUT2D eigenvalue weighted by Gasteiger charge is 2.43. The van der Waals surface area contributed by atoms with Crippen LogP contribution in [0, 0.1) is 0 Å². The fourth-order valence-corrected chi connectivity index (χ4v) is 1.45. The van der Waals surface area contributed by atoms with Gasteiger partial charge in [0.05, 0.1) is 12.1 Å². The first-order chi connectivity index (χ1) is 7.39. The number of hydrogen-bond donors (Lipinski definition) is 2. The fourth-order valence-electron chi connectivity index (χ4n) is 1.45. The van der Waals surface area contributed by atoms with Crippen LogP contribution in [0.4, 0.5) is 8.78 Å². The second-order valence-electron chi connectivity index (χ2n) is 3.64. The number of rotatable bonds is 2. The van der Waals surface area contributed by atoms with E-state index in [-0.39, 0.29) is 11.5 Å². The molecule has 0 aliphatic carbocycles. The average molecular weight is 231 g/mol. The molecule has 2 rings (SSSR count). The number of ether oxygens (including phenoxy) is 2. The molecule has 6 heteroatoms. The molecular formula is C10H11F2NO3. The predicted molar refractivity (Wildman–Crippen MR) is 51.3 cm³/mol. The zero-order chi connectivity index (χ0) is 11.9. The molecule has 0 fully saturated rings. The molecule has 2 atom stereocenters. The fraction of sp³-hybridized carbons (Fsp3) is 0.400. The number of aliphatic hydroxyl groups excluding tert-OH is 1. The van der Waals surface area contributed by atoms with Gasteiger partial charge >= 0.3 is 6.29 Å². The predicted octanol–water partition coefficient (Wildman–Crippen LogP) is 1.39. The summed E-state index contributed by atoms with van der Waals surface area (Å²) in [4.78, 5) is 0. The normalized spacial score (nSPS) is 20.6. The molecule has 1 heterocycles. The van der Waals surface area contributed by atoms with Crippen molar-refractivity contribution < 1.29 is 23.4 Å². The molecule has 1 aromatic rings. The van der Waals surface area contributed by atoms with E-state index in [2.05, 4.69) is 9.47 Å². The van der Waals surface area contributed by atoms with Gasteiger partial charge in [-0.15, -0.1) is 8.78 Å². The molecule has 0 saturated carbocycles. The Morgan fingerprint density at radius 1 is 1.31 bits per heavy atom. The van der Waals surface area contributed by atoms with Crippen LogP contribution in [-0.2, 0) is 0 Å². The van der Waals surface area contributed by atoms with Crippen LogP contribution in [0.15, 0.2) is 18.2 Å². The highest BCUT2D eigenvalue weighted by atomic mass is 19.3. The van der Waals surface area contributed by atoms with Crippen molar-refractivity contribution in [2.45, 2.75) is 25.4 Å². The minimum atomic E-state index is -3.63. The minimum absolute atomic E-state index is 0.0356. The molecule has 0 saturated heterocycles. The van der Waals surface area contributed by atoms with Gasteiger partial charge in [0.15, 0.2) is 11.5 Å². The Bertz CT molecular complexity index is 409. The Balaban J connectivity index is 2.29. The summed E-state index contributed by atoms with van der Waals surface area (Å²) in [6, 6.07) is 3.55. The molecule has 0 bridgehead atoms. The lowest BCUT2D eigenvalue weighted by Crippen LogP contribution is -2.26. The van der Waals surface area contributed by atoms with E-state index in [1.807, 2.05) is 0 Å². The molecule has 1 aliphatic heterocycles. The van der Waals surface area contributed by atoms with Crippen molar-refractivity contribution in [3.8, 4) is 11.5 Å². The topological polar surface area (TPSA) is 64.7 Å². The van der Waals surface area contributed by atoms with Gasteiger partial charge in [-0.1, -0.05) is 6.07 Å². The molecule has 4 nitrogen and oxygen atoms in total. The zero-order valence-electron chi connectivity index (χ0n) is 8.48. The molecule has 3 N–H and O–H groups in total. The molecule has 0 spiro atoms. The first-order valence-corrected chi connectivity index (χ1v) is 4.72. The van der Waals surface area contributed by atoms with E-state index in [9.17, 15) is 13.9 Å². The van der Waals surface area contributed by atoms with Crippen molar-refractivity contribution in [2.75, 3.05) is 0 Å². The number of halogens is 2. The Morgan fingerprint density at radius 3 is 2.56 bits per heavy atom. The van der Waals surface area contributed by atoms with E-state index in [4.69, 9.17) is 5.73 Å². The largest absolute Gasteiger partial charge is 0.586 e. The molecule has 0 radical (unpaired) electrons. The van der Waals surface area contributed by atoms with Crippen molar-refractivity contribution in [1.29, 1.82) is 0 Å². The van der Waals surface area contributed by atoms with Crippen LogP contribution in [-0.4, -0.2) is 17.5 Å². The summed E-state index contributed by atoms with van der Waals surface area (Å²) in [5, 5.41) is 9.28. The van der Waals surface area contributed by atoms with Crippen molar-refractivity contribution in [3.05, 3.63) is 23.8 Å². The van der Waals surface area contributed by atoms with Crippen molar-refractivity contribution in [3.63, 3.8) is 0 Å². The van der Waals surface area contributed by atoms with E-state index in [0.29, 0.717) is 5.56 Å². The summed E-state index contributed by atoms with van der Waals surface area (Å²) in [5.74, 6) is -0.106. The van der Waals surface area contributed by atoms with Gasteiger partial charge in [-0.3, -0.25) is 0 Å². The first-order valence-electron chi connectivity index (χ1n) is 4.72. The first kappa shape index (κ1) is 11.1. The number of fused-ring (bicyclic) bond motifs is 1. The van der Waals surface area contributed by atoms with Crippen LogP contribution in [0.5, 0.6) is 11.5 Å². The Kier molecular flexibility index (Phi) is 2.47. The standard InChI is InChI=1S/C10H11F2NO3/c1-5(14)9(13)6-2-3-7-8(4-6)16-10(11,12)15-7/h2-5,9,14H,13H2,1H3/t5-,9-/m1/s1. The van der Waals surface area contributed by atoms with Crippen LogP contribution >= 0.6 is 0 Å². The lowest BCUT2D eigenvalue weighted by molar-refractivity contribution is -0.286.